The molecule has 58 heavy (non-hydrogen) atoms. The van der Waals surface area contributed by atoms with Crippen LogP contribution >= 0.6 is 0 Å². The number of benzene rings is 10. The molecule has 0 radical (unpaired) electrons. The van der Waals surface area contributed by atoms with Gasteiger partial charge in [-0.3, -0.25) is 0 Å². The minimum atomic E-state index is 0.545. The van der Waals surface area contributed by atoms with Gasteiger partial charge in [0, 0.05) is 61.2 Å². The van der Waals surface area contributed by atoms with Gasteiger partial charge in [0.05, 0.1) is 0 Å². The van der Waals surface area contributed by atoms with Gasteiger partial charge in [-0.15, -0.1) is 0 Å². The van der Waals surface area contributed by atoms with E-state index in [0.717, 1.165) is 83.5 Å². The molecule has 0 saturated heterocycles. The maximum atomic E-state index is 6.94. The number of hydrogen-bond acceptors (Lipinski definition) is 5. The molecule has 272 valence electrons. The molecule has 12 rings (SSSR count). The Morgan fingerprint density at radius 3 is 1.55 bits per heavy atom. The van der Waals surface area contributed by atoms with E-state index in [2.05, 4.69) is 186 Å². The highest BCUT2D eigenvalue weighted by molar-refractivity contribution is 6.31. The van der Waals surface area contributed by atoms with Crippen LogP contribution in [0.2, 0.25) is 0 Å². The number of oxazole rings is 1. The molecule has 0 aliphatic rings. The fraction of sp³-hybridized carbons (Fsp3) is 0. The minimum absolute atomic E-state index is 0.545. The second-order valence-electron chi connectivity index (χ2n) is 14.8. The molecule has 0 N–H and O–H groups in total. The van der Waals surface area contributed by atoms with Crippen molar-refractivity contribution in [1.29, 1.82) is 0 Å². The first-order chi connectivity index (χ1) is 28.7. The molecule has 0 bridgehead atoms. The summed E-state index contributed by atoms with van der Waals surface area (Å²) in [5, 5.41) is 9.01. The summed E-state index contributed by atoms with van der Waals surface area (Å²) in [6, 6.07) is 70.4. The average molecular weight is 744 g/mol. The molecular weight excluding hydrogens is 711 g/mol. The Hall–Kier alpha value is -7.89. The predicted molar refractivity (Wildman–Crippen MR) is 240 cm³/mol. The Bertz CT molecular complexity index is 3340. The number of aromatic nitrogens is 1. The second kappa shape index (κ2) is 12.8. The summed E-state index contributed by atoms with van der Waals surface area (Å²) in [5.41, 5.74) is 10.2. The zero-order valence-electron chi connectivity index (χ0n) is 31.2. The van der Waals surface area contributed by atoms with Crippen LogP contribution in [0, 0.1) is 0 Å². The smallest absolute Gasteiger partial charge is 0.227 e. The largest absolute Gasteiger partial charge is 0.456 e. The van der Waals surface area contributed by atoms with E-state index < -0.39 is 0 Å². The van der Waals surface area contributed by atoms with Gasteiger partial charge in [0.15, 0.2) is 5.58 Å². The molecule has 10 aromatic carbocycles. The van der Waals surface area contributed by atoms with Gasteiger partial charge in [-0.2, -0.15) is 0 Å². The maximum Gasteiger partial charge on any atom is 0.227 e. The summed E-state index contributed by atoms with van der Waals surface area (Å²) in [7, 11) is 0. The zero-order valence-corrected chi connectivity index (χ0v) is 31.2. The third-order valence-electron chi connectivity index (χ3n) is 11.3. The van der Waals surface area contributed by atoms with Gasteiger partial charge in [0.2, 0.25) is 5.89 Å². The van der Waals surface area contributed by atoms with Crippen molar-refractivity contribution in [3.05, 3.63) is 200 Å². The highest BCUT2D eigenvalue weighted by Crippen LogP contribution is 2.47. The second-order valence-corrected chi connectivity index (χ2v) is 14.8. The lowest BCUT2D eigenvalue weighted by Gasteiger charge is -2.30. The molecule has 0 aliphatic heterocycles. The van der Waals surface area contributed by atoms with Crippen LogP contribution in [-0.2, 0) is 0 Å². The van der Waals surface area contributed by atoms with Crippen molar-refractivity contribution < 1.29 is 8.83 Å². The Morgan fingerprint density at radius 2 is 0.879 bits per heavy atom. The quantitative estimate of drug-likeness (QED) is 0.152. The van der Waals surface area contributed by atoms with Crippen molar-refractivity contribution in [2.45, 2.75) is 0 Å². The zero-order chi connectivity index (χ0) is 38.2. The number of rotatable bonds is 7. The van der Waals surface area contributed by atoms with Crippen LogP contribution in [0.4, 0.5) is 34.1 Å². The maximum absolute atomic E-state index is 6.94. The van der Waals surface area contributed by atoms with E-state index in [4.69, 9.17) is 13.8 Å². The van der Waals surface area contributed by atoms with E-state index >= 15 is 0 Å². The van der Waals surface area contributed by atoms with E-state index in [9.17, 15) is 0 Å². The van der Waals surface area contributed by atoms with E-state index in [1.165, 1.54) is 21.5 Å². The van der Waals surface area contributed by atoms with E-state index in [0.29, 0.717) is 5.89 Å². The summed E-state index contributed by atoms with van der Waals surface area (Å²) in [6.07, 6.45) is 0. The number of hydrogen-bond donors (Lipinski definition) is 0. The lowest BCUT2D eigenvalue weighted by atomic mass is 10.0. The van der Waals surface area contributed by atoms with Crippen molar-refractivity contribution in [3.63, 3.8) is 0 Å². The number of furan rings is 1. The summed E-state index contributed by atoms with van der Waals surface area (Å²) < 4.78 is 13.2. The van der Waals surface area contributed by atoms with Crippen molar-refractivity contribution in [1.82, 2.24) is 4.98 Å². The Kier molecular flexibility index (Phi) is 7.16. The predicted octanol–water partition coefficient (Wildman–Crippen LogP) is 15.2. The summed E-state index contributed by atoms with van der Waals surface area (Å²) in [5.74, 6) is 0.545. The molecule has 0 fully saturated rings. The Balaban J connectivity index is 1.13. The lowest BCUT2D eigenvalue weighted by molar-refractivity contribution is 0.623. The van der Waals surface area contributed by atoms with Crippen molar-refractivity contribution >= 4 is 99.5 Å². The molecule has 12 aromatic rings. The SMILES string of the molecule is c1ccc(N(c2ccccc2)c2cc(-c3nc4c5cccc6oc7cccc(c4o3)c7c65)cc(N(c3ccccc3)c3ccc4c(ccc5ccccc54)c3)c2)cc1. The number of fused-ring (bicyclic) bond motifs is 6. The summed E-state index contributed by atoms with van der Waals surface area (Å²) in [4.78, 5) is 9.95. The van der Waals surface area contributed by atoms with Gasteiger partial charge in [0.25, 0.3) is 0 Å². The van der Waals surface area contributed by atoms with E-state index in [1.807, 2.05) is 24.3 Å². The number of nitrogens with zero attached hydrogens (tertiary/aromatic N) is 3. The summed E-state index contributed by atoms with van der Waals surface area (Å²) in [6.45, 7) is 0. The van der Waals surface area contributed by atoms with Gasteiger partial charge in [-0.1, -0.05) is 121 Å². The minimum Gasteiger partial charge on any atom is -0.456 e. The van der Waals surface area contributed by atoms with Crippen LogP contribution in [0.5, 0.6) is 0 Å². The first-order valence-electron chi connectivity index (χ1n) is 19.5. The fourth-order valence-corrected chi connectivity index (χ4v) is 8.80. The van der Waals surface area contributed by atoms with Crippen LogP contribution in [0.1, 0.15) is 0 Å². The molecule has 0 saturated carbocycles. The van der Waals surface area contributed by atoms with Crippen molar-refractivity contribution in [2.75, 3.05) is 9.80 Å². The van der Waals surface area contributed by atoms with Crippen molar-refractivity contribution in [2.24, 2.45) is 0 Å². The molecule has 2 heterocycles. The first kappa shape index (κ1) is 32.4. The van der Waals surface area contributed by atoms with Crippen LogP contribution in [0.3, 0.4) is 0 Å². The monoisotopic (exact) mass is 743 g/mol. The van der Waals surface area contributed by atoms with Gasteiger partial charge in [0.1, 0.15) is 16.7 Å². The number of anilines is 6. The van der Waals surface area contributed by atoms with E-state index in [1.54, 1.807) is 0 Å². The molecule has 0 spiro atoms. The summed E-state index contributed by atoms with van der Waals surface area (Å²) >= 11 is 0. The molecule has 0 amide bonds. The molecule has 0 aliphatic carbocycles. The highest BCUT2D eigenvalue weighted by Gasteiger charge is 2.24. The lowest BCUT2D eigenvalue weighted by Crippen LogP contribution is -2.13. The Labute approximate surface area is 333 Å². The van der Waals surface area contributed by atoms with Crippen LogP contribution < -0.4 is 9.80 Å². The van der Waals surface area contributed by atoms with Crippen LogP contribution in [0.25, 0.3) is 76.8 Å². The van der Waals surface area contributed by atoms with Gasteiger partial charge in [-0.05, 0) is 100 Å². The third-order valence-corrected chi connectivity index (χ3v) is 11.3. The fourth-order valence-electron chi connectivity index (χ4n) is 8.80. The van der Waals surface area contributed by atoms with Crippen LogP contribution in [-0.4, -0.2) is 4.98 Å². The molecule has 0 unspecified atom stereocenters. The third kappa shape index (κ3) is 5.07. The average Bonchev–Trinajstić information content (AvgIpc) is 3.91. The number of para-hydroxylation sites is 3. The molecule has 5 nitrogen and oxygen atoms in total. The molecular formula is C53H33N3O2. The normalized spacial score (nSPS) is 11.8. The van der Waals surface area contributed by atoms with Gasteiger partial charge in [-0.25, -0.2) is 4.98 Å². The van der Waals surface area contributed by atoms with E-state index in [-0.39, 0.29) is 0 Å². The molecule has 5 heteroatoms. The van der Waals surface area contributed by atoms with Crippen LogP contribution in [0.15, 0.2) is 209 Å². The van der Waals surface area contributed by atoms with Crippen molar-refractivity contribution in [3.8, 4) is 11.5 Å². The van der Waals surface area contributed by atoms with Gasteiger partial charge >= 0.3 is 0 Å². The Morgan fingerprint density at radius 1 is 0.345 bits per heavy atom. The topological polar surface area (TPSA) is 45.7 Å². The highest BCUT2D eigenvalue weighted by atomic mass is 16.3. The molecule has 0 atom stereocenters. The van der Waals surface area contributed by atoms with Gasteiger partial charge < -0.3 is 18.6 Å². The first-order valence-corrected chi connectivity index (χ1v) is 19.5. The molecule has 2 aromatic heterocycles. The standard InChI is InChI=1S/C53H33N3O2/c1-4-15-37(16-5-1)55(38-17-6-2-7-18-38)41-31-36(53-54-51-45-22-12-24-47-49(45)50-46(52(51)58-53)23-13-25-48(50)57-47)32-42(33-41)56(39-19-8-3-9-20-39)40-28-29-44-35(30-40)27-26-34-14-10-11-21-43(34)44/h1-33H.